The second kappa shape index (κ2) is 6.14. The molecule has 0 amide bonds. The zero-order chi connectivity index (χ0) is 15.6. The van der Waals surface area contributed by atoms with Gasteiger partial charge in [-0.15, -0.1) is 0 Å². The molecule has 0 aliphatic carbocycles. The first-order valence-corrected chi connectivity index (χ1v) is 8.21. The van der Waals surface area contributed by atoms with Gasteiger partial charge in [-0.1, -0.05) is 18.2 Å². The maximum absolute atomic E-state index is 4.38. The van der Waals surface area contributed by atoms with Crippen molar-refractivity contribution in [2.75, 3.05) is 33.2 Å². The number of hydrogen-bond donors (Lipinski definition) is 0. The summed E-state index contributed by atoms with van der Waals surface area (Å²) in [7, 11) is 2.20. The molecule has 0 atom stereocenters. The van der Waals surface area contributed by atoms with E-state index >= 15 is 0 Å². The quantitative estimate of drug-likeness (QED) is 0.743. The Morgan fingerprint density at radius 1 is 0.957 bits per heavy atom. The van der Waals surface area contributed by atoms with Gasteiger partial charge in [-0.05, 0) is 41.9 Å². The highest BCUT2D eigenvalue weighted by atomic mass is 15.2. The molecule has 23 heavy (non-hydrogen) atoms. The molecule has 3 heterocycles. The Bertz CT molecular complexity index is 800. The maximum Gasteiger partial charge on any atom is 0.137 e. The number of rotatable bonds is 3. The summed E-state index contributed by atoms with van der Waals surface area (Å²) in [5.41, 5.74) is 4.87. The van der Waals surface area contributed by atoms with Crippen LogP contribution < -0.4 is 0 Å². The lowest BCUT2D eigenvalue weighted by Gasteiger charge is -2.32. The Kier molecular flexibility index (Phi) is 3.85. The van der Waals surface area contributed by atoms with Gasteiger partial charge in [-0.3, -0.25) is 4.90 Å². The molecule has 1 fully saturated rings. The molecule has 1 aliphatic heterocycles. The van der Waals surface area contributed by atoms with Crippen LogP contribution in [0.15, 0.2) is 55.0 Å². The van der Waals surface area contributed by atoms with E-state index in [2.05, 4.69) is 64.4 Å². The van der Waals surface area contributed by atoms with Gasteiger partial charge in [0.25, 0.3) is 0 Å². The fourth-order valence-electron chi connectivity index (χ4n) is 3.20. The monoisotopic (exact) mass is 306 g/mol. The molecule has 118 valence electrons. The molecular formula is C19H22N4. The van der Waals surface area contributed by atoms with Gasteiger partial charge in [0, 0.05) is 51.3 Å². The first-order valence-electron chi connectivity index (χ1n) is 8.21. The number of aromatic nitrogens is 2. The minimum Gasteiger partial charge on any atom is -0.307 e. The lowest BCUT2D eigenvalue weighted by molar-refractivity contribution is 0.148. The SMILES string of the molecule is CN1CCN(Cc2cccc(-c3ccn4ccnc4c3)c2)CC1. The zero-order valence-corrected chi connectivity index (χ0v) is 13.5. The Morgan fingerprint density at radius 3 is 2.65 bits per heavy atom. The summed E-state index contributed by atoms with van der Waals surface area (Å²) < 4.78 is 2.04. The first-order chi connectivity index (χ1) is 11.3. The average molecular weight is 306 g/mol. The second-order valence-electron chi connectivity index (χ2n) is 6.39. The molecule has 0 saturated carbocycles. The van der Waals surface area contributed by atoms with E-state index in [-0.39, 0.29) is 0 Å². The highest BCUT2D eigenvalue weighted by Crippen LogP contribution is 2.22. The molecule has 0 N–H and O–H groups in total. The number of piperazine rings is 1. The third-order valence-corrected chi connectivity index (χ3v) is 4.66. The van der Waals surface area contributed by atoms with E-state index in [9.17, 15) is 0 Å². The van der Waals surface area contributed by atoms with Gasteiger partial charge >= 0.3 is 0 Å². The molecular weight excluding hydrogens is 284 g/mol. The van der Waals surface area contributed by atoms with Crippen molar-refractivity contribution in [1.29, 1.82) is 0 Å². The van der Waals surface area contributed by atoms with Crippen LogP contribution in [-0.2, 0) is 6.54 Å². The number of benzene rings is 1. The minimum atomic E-state index is 0.993. The molecule has 4 nitrogen and oxygen atoms in total. The smallest absolute Gasteiger partial charge is 0.137 e. The van der Waals surface area contributed by atoms with Crippen molar-refractivity contribution in [3.8, 4) is 11.1 Å². The predicted octanol–water partition coefficient (Wildman–Crippen LogP) is 2.75. The molecule has 1 saturated heterocycles. The molecule has 0 radical (unpaired) electrons. The van der Waals surface area contributed by atoms with Crippen LogP contribution >= 0.6 is 0 Å². The molecule has 1 aromatic carbocycles. The van der Waals surface area contributed by atoms with Crippen molar-refractivity contribution in [2.45, 2.75) is 6.54 Å². The van der Waals surface area contributed by atoms with Crippen LogP contribution in [0.1, 0.15) is 5.56 Å². The van der Waals surface area contributed by atoms with Crippen molar-refractivity contribution in [3.05, 3.63) is 60.6 Å². The Balaban J connectivity index is 1.55. The van der Waals surface area contributed by atoms with E-state index in [1.165, 1.54) is 16.7 Å². The van der Waals surface area contributed by atoms with E-state index in [0.29, 0.717) is 0 Å². The Hall–Kier alpha value is -2.17. The van der Waals surface area contributed by atoms with Crippen molar-refractivity contribution in [2.24, 2.45) is 0 Å². The molecule has 0 unspecified atom stereocenters. The standard InChI is InChI=1S/C19H22N4/c1-21-9-11-22(12-10-21)15-16-3-2-4-17(13-16)18-5-7-23-8-6-20-19(23)14-18/h2-8,13-14H,9-12,15H2,1H3. The number of pyridine rings is 1. The average Bonchev–Trinajstić information content (AvgIpc) is 3.05. The van der Waals surface area contributed by atoms with Gasteiger partial charge in [0.15, 0.2) is 0 Å². The van der Waals surface area contributed by atoms with Crippen LogP contribution in [0.4, 0.5) is 0 Å². The molecule has 1 aliphatic rings. The largest absolute Gasteiger partial charge is 0.307 e. The van der Waals surface area contributed by atoms with E-state index in [4.69, 9.17) is 0 Å². The maximum atomic E-state index is 4.38. The Labute approximate surface area is 137 Å². The molecule has 2 aromatic heterocycles. The van der Waals surface area contributed by atoms with Gasteiger partial charge in [-0.25, -0.2) is 4.98 Å². The van der Waals surface area contributed by atoms with E-state index in [1.54, 1.807) is 0 Å². The number of fused-ring (bicyclic) bond motifs is 1. The normalized spacial score (nSPS) is 16.9. The van der Waals surface area contributed by atoms with Gasteiger partial charge in [0.05, 0.1) is 0 Å². The first kappa shape index (κ1) is 14.4. The summed E-state index contributed by atoms with van der Waals surface area (Å²) >= 11 is 0. The van der Waals surface area contributed by atoms with Gasteiger partial charge < -0.3 is 9.30 Å². The molecule has 3 aromatic rings. The summed E-state index contributed by atoms with van der Waals surface area (Å²) in [4.78, 5) is 9.31. The van der Waals surface area contributed by atoms with Crippen LogP contribution in [0.5, 0.6) is 0 Å². The topological polar surface area (TPSA) is 23.8 Å². The molecule has 0 bridgehead atoms. The van der Waals surface area contributed by atoms with Crippen molar-refractivity contribution >= 4 is 5.65 Å². The summed E-state index contributed by atoms with van der Waals surface area (Å²) in [6.45, 7) is 5.67. The molecule has 4 rings (SSSR count). The zero-order valence-electron chi connectivity index (χ0n) is 13.5. The van der Waals surface area contributed by atoms with Gasteiger partial charge in [0.1, 0.15) is 5.65 Å². The predicted molar refractivity (Wildman–Crippen MR) is 93.4 cm³/mol. The fraction of sp³-hybridized carbons (Fsp3) is 0.316. The van der Waals surface area contributed by atoms with Crippen LogP contribution in [0.3, 0.4) is 0 Å². The van der Waals surface area contributed by atoms with E-state index < -0.39 is 0 Å². The molecule has 4 heteroatoms. The number of nitrogens with zero attached hydrogens (tertiary/aromatic N) is 4. The van der Waals surface area contributed by atoms with Crippen molar-refractivity contribution in [1.82, 2.24) is 19.2 Å². The highest BCUT2D eigenvalue weighted by molar-refractivity contribution is 5.67. The summed E-state index contributed by atoms with van der Waals surface area (Å²) in [5, 5.41) is 0. The van der Waals surface area contributed by atoms with Crippen LogP contribution in [-0.4, -0.2) is 52.4 Å². The van der Waals surface area contributed by atoms with Crippen LogP contribution in [0.25, 0.3) is 16.8 Å². The molecule has 0 spiro atoms. The van der Waals surface area contributed by atoms with Gasteiger partial charge in [-0.2, -0.15) is 0 Å². The van der Waals surface area contributed by atoms with E-state index in [0.717, 1.165) is 38.4 Å². The number of likely N-dealkylation sites (N-methyl/N-ethyl adjacent to an activating group) is 1. The van der Waals surface area contributed by atoms with Crippen LogP contribution in [0, 0.1) is 0 Å². The minimum absolute atomic E-state index is 0.993. The van der Waals surface area contributed by atoms with Gasteiger partial charge in [0.2, 0.25) is 0 Å². The Morgan fingerprint density at radius 2 is 1.78 bits per heavy atom. The highest BCUT2D eigenvalue weighted by Gasteiger charge is 2.14. The van der Waals surface area contributed by atoms with Crippen molar-refractivity contribution in [3.63, 3.8) is 0 Å². The summed E-state index contributed by atoms with van der Waals surface area (Å²) in [5.74, 6) is 0. The number of hydrogen-bond acceptors (Lipinski definition) is 3. The summed E-state index contributed by atoms with van der Waals surface area (Å²) in [6, 6.07) is 13.2. The lowest BCUT2D eigenvalue weighted by Crippen LogP contribution is -2.43. The van der Waals surface area contributed by atoms with E-state index in [1.807, 2.05) is 16.8 Å². The lowest BCUT2D eigenvalue weighted by atomic mass is 10.0. The number of imidazole rings is 1. The summed E-state index contributed by atoms with van der Waals surface area (Å²) in [6.07, 6.45) is 5.89. The third kappa shape index (κ3) is 3.14. The third-order valence-electron chi connectivity index (χ3n) is 4.66. The second-order valence-corrected chi connectivity index (χ2v) is 6.39. The van der Waals surface area contributed by atoms with Crippen LogP contribution in [0.2, 0.25) is 0 Å². The van der Waals surface area contributed by atoms with Crippen molar-refractivity contribution < 1.29 is 0 Å². The fourth-order valence-corrected chi connectivity index (χ4v) is 3.20.